The second-order valence-corrected chi connectivity index (χ2v) is 8.01. The van der Waals surface area contributed by atoms with Crippen LogP contribution in [0.25, 0.3) is 0 Å². The van der Waals surface area contributed by atoms with Crippen LogP contribution in [0.1, 0.15) is 54.4 Å². The minimum atomic E-state index is -0.242. The Morgan fingerprint density at radius 2 is 1.69 bits per heavy atom. The fourth-order valence-electron chi connectivity index (χ4n) is 4.44. The maximum atomic E-state index is 13.3. The van der Waals surface area contributed by atoms with E-state index >= 15 is 0 Å². The number of benzene rings is 2. The van der Waals surface area contributed by atoms with E-state index in [1.165, 1.54) is 12.1 Å². The fraction of sp³-hybridized carbons (Fsp3) is 0.417. The van der Waals surface area contributed by atoms with Gasteiger partial charge in [-0.1, -0.05) is 25.0 Å². The summed E-state index contributed by atoms with van der Waals surface area (Å²) in [5, 5.41) is 0. The third-order valence-electron chi connectivity index (χ3n) is 6.08. The Morgan fingerprint density at radius 1 is 1.00 bits per heavy atom. The highest BCUT2D eigenvalue weighted by Gasteiger charge is 2.28. The molecule has 0 aromatic heterocycles. The molecule has 1 saturated heterocycles. The standard InChI is InChI=1S/C24H27FN2O2/c25-20-11-7-18(8-12-20)15-17-27(21-4-1-2-5-21)24(29)19-9-13-22(14-10-19)26-16-3-6-23(26)28/h7-14,21H,1-6,15-17H2. The molecule has 2 aromatic rings. The van der Waals surface area contributed by atoms with Gasteiger partial charge in [0.2, 0.25) is 5.91 Å². The van der Waals surface area contributed by atoms with Gasteiger partial charge in [0, 0.05) is 36.8 Å². The summed E-state index contributed by atoms with van der Waals surface area (Å²) in [7, 11) is 0. The molecule has 2 aliphatic rings. The van der Waals surface area contributed by atoms with Crippen LogP contribution in [0.4, 0.5) is 10.1 Å². The molecule has 29 heavy (non-hydrogen) atoms. The third kappa shape index (κ3) is 4.50. The van der Waals surface area contributed by atoms with Gasteiger partial charge in [0.15, 0.2) is 0 Å². The van der Waals surface area contributed by atoms with Crippen LogP contribution >= 0.6 is 0 Å². The lowest BCUT2D eigenvalue weighted by atomic mass is 10.1. The van der Waals surface area contributed by atoms with Crippen molar-refractivity contribution in [3.8, 4) is 0 Å². The molecule has 0 unspecified atom stereocenters. The van der Waals surface area contributed by atoms with Crippen molar-refractivity contribution < 1.29 is 14.0 Å². The van der Waals surface area contributed by atoms with E-state index in [1.807, 2.05) is 29.2 Å². The normalized spacial score (nSPS) is 17.1. The molecule has 2 aromatic carbocycles. The molecule has 4 nitrogen and oxygen atoms in total. The minimum absolute atomic E-state index is 0.0401. The lowest BCUT2D eigenvalue weighted by Gasteiger charge is -2.29. The minimum Gasteiger partial charge on any atom is -0.335 e. The first-order chi connectivity index (χ1) is 14.1. The van der Waals surface area contributed by atoms with Gasteiger partial charge >= 0.3 is 0 Å². The average molecular weight is 394 g/mol. The number of rotatable bonds is 6. The highest BCUT2D eigenvalue weighted by atomic mass is 19.1. The summed E-state index contributed by atoms with van der Waals surface area (Å²) in [5.74, 6) is -0.0525. The van der Waals surface area contributed by atoms with Crippen molar-refractivity contribution in [3.05, 3.63) is 65.5 Å². The van der Waals surface area contributed by atoms with E-state index in [4.69, 9.17) is 0 Å². The molecule has 1 aliphatic carbocycles. The van der Waals surface area contributed by atoms with Crippen LogP contribution in [-0.2, 0) is 11.2 Å². The van der Waals surface area contributed by atoms with Crippen molar-refractivity contribution in [1.29, 1.82) is 0 Å². The highest BCUT2D eigenvalue weighted by molar-refractivity contribution is 5.97. The molecule has 1 heterocycles. The van der Waals surface area contributed by atoms with Crippen LogP contribution in [0.5, 0.6) is 0 Å². The molecular weight excluding hydrogens is 367 g/mol. The van der Waals surface area contributed by atoms with Crippen molar-refractivity contribution in [2.24, 2.45) is 0 Å². The molecular formula is C24H27FN2O2. The first-order valence-corrected chi connectivity index (χ1v) is 10.6. The van der Waals surface area contributed by atoms with Crippen LogP contribution in [-0.4, -0.2) is 35.8 Å². The monoisotopic (exact) mass is 394 g/mol. The maximum Gasteiger partial charge on any atom is 0.254 e. The lowest BCUT2D eigenvalue weighted by Crippen LogP contribution is -2.40. The zero-order chi connectivity index (χ0) is 20.2. The second-order valence-electron chi connectivity index (χ2n) is 8.01. The molecule has 1 saturated carbocycles. The van der Waals surface area contributed by atoms with Gasteiger partial charge in [0.1, 0.15) is 5.82 Å². The summed E-state index contributed by atoms with van der Waals surface area (Å²) in [6.45, 7) is 1.37. The maximum absolute atomic E-state index is 13.3. The Bertz CT molecular complexity index is 857. The molecule has 2 amide bonds. The number of amides is 2. The molecule has 0 atom stereocenters. The van der Waals surface area contributed by atoms with E-state index in [0.29, 0.717) is 24.9 Å². The second kappa shape index (κ2) is 8.76. The van der Waals surface area contributed by atoms with Crippen molar-refractivity contribution >= 4 is 17.5 Å². The Labute approximate surface area is 171 Å². The molecule has 152 valence electrons. The zero-order valence-corrected chi connectivity index (χ0v) is 16.6. The molecule has 1 aliphatic heterocycles. The smallest absolute Gasteiger partial charge is 0.254 e. The Morgan fingerprint density at radius 3 is 2.31 bits per heavy atom. The van der Waals surface area contributed by atoms with E-state index in [-0.39, 0.29) is 23.7 Å². The number of carbonyl (C=O) groups is 2. The Hall–Kier alpha value is -2.69. The van der Waals surface area contributed by atoms with Gasteiger partial charge in [0.05, 0.1) is 0 Å². The van der Waals surface area contributed by atoms with Crippen molar-refractivity contribution in [2.75, 3.05) is 18.0 Å². The van der Waals surface area contributed by atoms with Gasteiger partial charge < -0.3 is 9.80 Å². The van der Waals surface area contributed by atoms with Crippen LogP contribution < -0.4 is 4.90 Å². The number of halogens is 1. The number of hydrogen-bond donors (Lipinski definition) is 0. The Balaban J connectivity index is 1.48. The summed E-state index contributed by atoms with van der Waals surface area (Å²) in [6.07, 6.45) is 6.58. The highest BCUT2D eigenvalue weighted by Crippen LogP contribution is 2.27. The lowest BCUT2D eigenvalue weighted by molar-refractivity contribution is -0.117. The van der Waals surface area contributed by atoms with Crippen LogP contribution in [0, 0.1) is 5.82 Å². The summed E-state index contributed by atoms with van der Waals surface area (Å²) >= 11 is 0. The summed E-state index contributed by atoms with van der Waals surface area (Å²) < 4.78 is 13.2. The largest absolute Gasteiger partial charge is 0.335 e. The third-order valence-corrected chi connectivity index (χ3v) is 6.08. The van der Waals surface area contributed by atoms with E-state index in [9.17, 15) is 14.0 Å². The van der Waals surface area contributed by atoms with Gasteiger partial charge in [-0.2, -0.15) is 0 Å². The van der Waals surface area contributed by atoms with Crippen molar-refractivity contribution in [2.45, 2.75) is 51.0 Å². The molecule has 0 bridgehead atoms. The van der Waals surface area contributed by atoms with E-state index in [1.54, 1.807) is 17.0 Å². The quantitative estimate of drug-likeness (QED) is 0.720. The summed E-state index contributed by atoms with van der Waals surface area (Å²) in [5.41, 5.74) is 2.55. The predicted molar refractivity (Wildman–Crippen MR) is 111 cm³/mol. The summed E-state index contributed by atoms with van der Waals surface area (Å²) in [4.78, 5) is 29.0. The number of anilines is 1. The van der Waals surface area contributed by atoms with Gasteiger partial charge in [-0.05, 0) is 67.6 Å². The van der Waals surface area contributed by atoms with Gasteiger partial charge in [-0.15, -0.1) is 0 Å². The number of hydrogen-bond acceptors (Lipinski definition) is 2. The number of nitrogens with zero attached hydrogens (tertiary/aromatic N) is 2. The first-order valence-electron chi connectivity index (χ1n) is 10.6. The van der Waals surface area contributed by atoms with Crippen LogP contribution in [0.3, 0.4) is 0 Å². The average Bonchev–Trinajstić information content (AvgIpc) is 3.41. The number of carbonyl (C=O) groups excluding carboxylic acids is 2. The molecule has 4 rings (SSSR count). The van der Waals surface area contributed by atoms with E-state index in [0.717, 1.165) is 49.9 Å². The van der Waals surface area contributed by atoms with Gasteiger partial charge in [-0.3, -0.25) is 9.59 Å². The van der Waals surface area contributed by atoms with Gasteiger partial charge in [0.25, 0.3) is 5.91 Å². The summed E-state index contributed by atoms with van der Waals surface area (Å²) in [6, 6.07) is 14.2. The Kier molecular flexibility index (Phi) is 5.93. The van der Waals surface area contributed by atoms with E-state index in [2.05, 4.69) is 0 Å². The predicted octanol–water partition coefficient (Wildman–Crippen LogP) is 4.58. The molecule has 5 heteroatoms. The molecule has 0 spiro atoms. The van der Waals surface area contributed by atoms with Crippen molar-refractivity contribution in [3.63, 3.8) is 0 Å². The van der Waals surface area contributed by atoms with Crippen molar-refractivity contribution in [1.82, 2.24) is 4.90 Å². The van der Waals surface area contributed by atoms with Gasteiger partial charge in [-0.25, -0.2) is 4.39 Å². The first kappa shape index (κ1) is 19.6. The zero-order valence-electron chi connectivity index (χ0n) is 16.6. The van der Waals surface area contributed by atoms with E-state index < -0.39 is 0 Å². The molecule has 2 fully saturated rings. The SMILES string of the molecule is O=C1CCCN1c1ccc(C(=O)N(CCc2ccc(F)cc2)C2CCCC2)cc1. The molecule has 0 N–H and O–H groups in total. The van der Waals surface area contributed by atoms with Crippen LogP contribution in [0.15, 0.2) is 48.5 Å². The fourth-order valence-corrected chi connectivity index (χ4v) is 4.44. The van der Waals surface area contributed by atoms with Crippen LogP contribution in [0.2, 0.25) is 0 Å². The topological polar surface area (TPSA) is 40.6 Å². The molecule has 0 radical (unpaired) electrons.